The number of nitrogens with zero attached hydrogens (tertiary/aromatic N) is 2. The Hall–Kier alpha value is -4.19. The van der Waals surface area contributed by atoms with Crippen LogP contribution in [-0.4, -0.2) is 32.6 Å². The van der Waals surface area contributed by atoms with E-state index in [1.54, 1.807) is 19.9 Å². The molecule has 178 valence electrons. The van der Waals surface area contributed by atoms with Crippen LogP contribution in [0.2, 0.25) is 0 Å². The van der Waals surface area contributed by atoms with E-state index in [2.05, 4.69) is 10.5 Å². The molecule has 0 aliphatic rings. The summed E-state index contributed by atoms with van der Waals surface area (Å²) in [6.45, 7) is 4.89. The molecule has 1 amide bonds. The first-order valence-electron chi connectivity index (χ1n) is 9.80. The summed E-state index contributed by atoms with van der Waals surface area (Å²) in [6, 6.07) is 9.36. The number of nitrogens with one attached hydrogen (secondary N) is 1. The third-order valence-corrected chi connectivity index (χ3v) is 5.95. The molecular weight excluding hydrogens is 466 g/mol. The zero-order chi connectivity index (χ0) is 25.0. The highest BCUT2D eigenvalue weighted by Gasteiger charge is 2.23. The van der Waals surface area contributed by atoms with Crippen molar-refractivity contribution >= 4 is 27.9 Å². The van der Waals surface area contributed by atoms with Gasteiger partial charge in [0.2, 0.25) is 0 Å². The van der Waals surface area contributed by atoms with E-state index in [4.69, 9.17) is 13.3 Å². The van der Waals surface area contributed by atoms with Crippen molar-refractivity contribution in [2.45, 2.75) is 25.7 Å². The van der Waals surface area contributed by atoms with Crippen LogP contribution in [0, 0.1) is 30.9 Å². The maximum Gasteiger partial charge on any atom is 0.339 e. The van der Waals surface area contributed by atoms with Crippen molar-refractivity contribution in [2.75, 3.05) is 7.11 Å². The first-order chi connectivity index (χ1) is 16.0. The fourth-order valence-electron chi connectivity index (χ4n) is 3.02. The number of nitro benzene ring substituents is 1. The molecule has 0 saturated carbocycles. The minimum absolute atomic E-state index is 0.0711. The standard InChI is InChI=1S/C22H21N3O8S/c1-13-5-7-17(11-19(13)25(27)28)34(29,30)33-20-8-6-16(10-21(20)31-4)12-23-24-22(26)18-9-14(2)32-15(18)3/h5-12H,1-4H3,(H,24,26)/b23-12-. The fraction of sp³-hybridized carbons (Fsp3) is 0.182. The van der Waals surface area contributed by atoms with Gasteiger partial charge in [-0.05, 0) is 56.7 Å². The molecule has 3 rings (SSSR count). The van der Waals surface area contributed by atoms with Gasteiger partial charge in [-0.15, -0.1) is 0 Å². The summed E-state index contributed by atoms with van der Waals surface area (Å²) < 4.78 is 41.0. The van der Waals surface area contributed by atoms with Crippen LogP contribution in [0.5, 0.6) is 11.5 Å². The highest BCUT2D eigenvalue weighted by Crippen LogP contribution is 2.31. The second-order valence-corrected chi connectivity index (χ2v) is 8.73. The second kappa shape index (κ2) is 9.75. The summed E-state index contributed by atoms with van der Waals surface area (Å²) in [5.74, 6) is 0.560. The van der Waals surface area contributed by atoms with Gasteiger partial charge < -0.3 is 13.3 Å². The lowest BCUT2D eigenvalue weighted by Gasteiger charge is -2.11. The third-order valence-electron chi connectivity index (χ3n) is 4.72. The molecule has 2 aromatic carbocycles. The molecule has 0 spiro atoms. The van der Waals surface area contributed by atoms with Crippen molar-refractivity contribution in [1.82, 2.24) is 5.43 Å². The fourth-order valence-corrected chi connectivity index (χ4v) is 3.98. The Morgan fingerprint density at radius 2 is 1.85 bits per heavy atom. The summed E-state index contributed by atoms with van der Waals surface area (Å²) in [7, 11) is -3.06. The molecule has 0 unspecified atom stereocenters. The van der Waals surface area contributed by atoms with E-state index >= 15 is 0 Å². The van der Waals surface area contributed by atoms with E-state index in [9.17, 15) is 23.3 Å². The van der Waals surface area contributed by atoms with Gasteiger partial charge >= 0.3 is 10.1 Å². The molecule has 0 fully saturated rings. The van der Waals surface area contributed by atoms with Gasteiger partial charge in [0, 0.05) is 11.6 Å². The van der Waals surface area contributed by atoms with Crippen LogP contribution < -0.4 is 14.3 Å². The Bertz CT molecular complexity index is 1390. The van der Waals surface area contributed by atoms with Gasteiger partial charge in [-0.1, -0.05) is 6.07 Å². The summed E-state index contributed by atoms with van der Waals surface area (Å²) in [4.78, 5) is 22.3. The molecule has 12 heteroatoms. The number of hydrazone groups is 1. The van der Waals surface area contributed by atoms with E-state index in [1.165, 1.54) is 50.6 Å². The summed E-state index contributed by atoms with van der Waals surface area (Å²) in [6.07, 6.45) is 1.34. The number of aryl methyl sites for hydroxylation is 3. The first kappa shape index (κ1) is 24.5. The van der Waals surface area contributed by atoms with Crippen molar-refractivity contribution < 1.29 is 31.5 Å². The molecule has 0 atom stereocenters. The second-order valence-electron chi connectivity index (χ2n) is 7.18. The van der Waals surface area contributed by atoms with Gasteiger partial charge in [0.25, 0.3) is 11.6 Å². The lowest BCUT2D eigenvalue weighted by atomic mass is 10.2. The molecule has 0 bridgehead atoms. The average Bonchev–Trinajstić information content (AvgIpc) is 3.12. The van der Waals surface area contributed by atoms with E-state index in [0.717, 1.165) is 6.07 Å². The smallest absolute Gasteiger partial charge is 0.339 e. The van der Waals surface area contributed by atoms with Crippen molar-refractivity contribution in [3.63, 3.8) is 0 Å². The number of ether oxygens (including phenoxy) is 1. The minimum atomic E-state index is -4.38. The van der Waals surface area contributed by atoms with Gasteiger partial charge in [0.05, 0.1) is 23.8 Å². The summed E-state index contributed by atoms with van der Waals surface area (Å²) in [5.41, 5.74) is 3.19. The van der Waals surface area contributed by atoms with Crippen LogP contribution in [0.25, 0.3) is 0 Å². The molecule has 1 N–H and O–H groups in total. The quantitative estimate of drug-likeness (QED) is 0.219. The van der Waals surface area contributed by atoms with Crippen molar-refractivity contribution in [1.29, 1.82) is 0 Å². The zero-order valence-corrected chi connectivity index (χ0v) is 19.5. The number of amides is 1. The van der Waals surface area contributed by atoms with Crippen molar-refractivity contribution in [2.24, 2.45) is 5.10 Å². The number of furan rings is 1. The molecule has 34 heavy (non-hydrogen) atoms. The topological polar surface area (TPSA) is 150 Å². The number of benzene rings is 2. The molecule has 0 aliphatic carbocycles. The summed E-state index contributed by atoms with van der Waals surface area (Å²) in [5, 5.41) is 15.0. The lowest BCUT2D eigenvalue weighted by molar-refractivity contribution is -0.385. The number of rotatable bonds is 8. The largest absolute Gasteiger partial charge is 0.493 e. The third kappa shape index (κ3) is 5.41. The Morgan fingerprint density at radius 1 is 1.12 bits per heavy atom. The molecule has 3 aromatic rings. The summed E-state index contributed by atoms with van der Waals surface area (Å²) >= 11 is 0. The maximum atomic E-state index is 12.7. The molecule has 0 aliphatic heterocycles. The number of hydrogen-bond acceptors (Lipinski definition) is 9. The van der Waals surface area contributed by atoms with E-state index in [-0.39, 0.29) is 22.1 Å². The number of methoxy groups -OCH3 is 1. The van der Waals surface area contributed by atoms with Gasteiger partial charge in [-0.25, -0.2) is 5.43 Å². The predicted octanol–water partition coefficient (Wildman–Crippen LogP) is 3.65. The average molecular weight is 487 g/mol. The highest BCUT2D eigenvalue weighted by atomic mass is 32.2. The van der Waals surface area contributed by atoms with Gasteiger partial charge in [-0.3, -0.25) is 14.9 Å². The van der Waals surface area contributed by atoms with Gasteiger partial charge in [0.1, 0.15) is 16.4 Å². The molecule has 0 radical (unpaired) electrons. The number of hydrogen-bond donors (Lipinski definition) is 1. The molecule has 11 nitrogen and oxygen atoms in total. The van der Waals surface area contributed by atoms with E-state index in [1.807, 2.05) is 0 Å². The Labute approximate surface area is 195 Å². The predicted molar refractivity (Wildman–Crippen MR) is 122 cm³/mol. The van der Waals surface area contributed by atoms with Crippen molar-refractivity contribution in [3.8, 4) is 11.5 Å². The number of carbonyl (C=O) groups excluding carboxylic acids is 1. The normalized spacial score (nSPS) is 11.4. The molecular formula is C22H21N3O8S. The highest BCUT2D eigenvalue weighted by molar-refractivity contribution is 7.87. The van der Waals surface area contributed by atoms with Crippen LogP contribution >= 0.6 is 0 Å². The Kier molecular flexibility index (Phi) is 7.01. The van der Waals surface area contributed by atoms with Crippen LogP contribution in [0.4, 0.5) is 5.69 Å². The first-order valence-corrected chi connectivity index (χ1v) is 11.2. The van der Waals surface area contributed by atoms with E-state index in [0.29, 0.717) is 28.2 Å². The molecule has 1 heterocycles. The molecule has 0 saturated heterocycles. The van der Waals surface area contributed by atoms with Crippen LogP contribution in [0.15, 0.2) is 56.9 Å². The molecule has 1 aromatic heterocycles. The zero-order valence-electron chi connectivity index (χ0n) is 18.7. The number of nitro groups is 1. The van der Waals surface area contributed by atoms with Gasteiger partial charge in [0.15, 0.2) is 11.5 Å². The minimum Gasteiger partial charge on any atom is -0.493 e. The maximum absolute atomic E-state index is 12.7. The van der Waals surface area contributed by atoms with Crippen LogP contribution in [-0.2, 0) is 10.1 Å². The monoisotopic (exact) mass is 487 g/mol. The van der Waals surface area contributed by atoms with Crippen LogP contribution in [0.3, 0.4) is 0 Å². The van der Waals surface area contributed by atoms with Gasteiger partial charge in [-0.2, -0.15) is 13.5 Å². The van der Waals surface area contributed by atoms with E-state index < -0.39 is 20.9 Å². The SMILES string of the molecule is COc1cc(/C=N\NC(=O)c2cc(C)oc2C)ccc1OS(=O)(=O)c1ccc(C)c([N+](=O)[O-])c1. The van der Waals surface area contributed by atoms with Crippen molar-refractivity contribution in [3.05, 3.63) is 80.8 Å². The Morgan fingerprint density at radius 3 is 2.47 bits per heavy atom. The number of carbonyl (C=O) groups is 1. The van der Waals surface area contributed by atoms with Crippen LogP contribution in [0.1, 0.15) is 33.0 Å². The lowest BCUT2D eigenvalue weighted by Crippen LogP contribution is -2.17. The Balaban J connectivity index is 1.78.